The molecule has 0 aromatic heterocycles. The van der Waals surface area contributed by atoms with Crippen LogP contribution in [0, 0.1) is 15.9 Å². The van der Waals surface area contributed by atoms with E-state index in [0.717, 1.165) is 0 Å². The molecule has 27 heavy (non-hydrogen) atoms. The van der Waals surface area contributed by atoms with Gasteiger partial charge in [0.1, 0.15) is 11.6 Å². The minimum Gasteiger partial charge on any atom is -0.494 e. The van der Waals surface area contributed by atoms with Gasteiger partial charge < -0.3 is 14.8 Å². The number of benzene rings is 2. The van der Waals surface area contributed by atoms with Crippen molar-refractivity contribution in [1.82, 2.24) is 5.32 Å². The summed E-state index contributed by atoms with van der Waals surface area (Å²) >= 11 is 0. The van der Waals surface area contributed by atoms with E-state index in [-0.39, 0.29) is 28.7 Å². The number of nitrogens with one attached hydrogen (secondary N) is 1. The Balaban J connectivity index is 1.76. The van der Waals surface area contributed by atoms with Gasteiger partial charge in [0, 0.05) is 18.2 Å². The van der Waals surface area contributed by atoms with E-state index in [1.54, 1.807) is 19.1 Å². The lowest BCUT2D eigenvalue weighted by atomic mass is 10.1. The number of nitro groups is 1. The Morgan fingerprint density at radius 2 is 1.89 bits per heavy atom. The van der Waals surface area contributed by atoms with Crippen molar-refractivity contribution in [3.8, 4) is 11.5 Å². The molecule has 0 fully saturated rings. The van der Waals surface area contributed by atoms with Crippen molar-refractivity contribution in [2.75, 3.05) is 19.8 Å². The summed E-state index contributed by atoms with van der Waals surface area (Å²) in [5, 5.41) is 13.8. The fourth-order valence-corrected chi connectivity index (χ4v) is 2.33. The molecule has 2 aromatic rings. The lowest BCUT2D eigenvalue weighted by Gasteiger charge is -2.08. The summed E-state index contributed by atoms with van der Waals surface area (Å²) in [5.74, 6) is 0.0133. The average Bonchev–Trinajstić information content (AvgIpc) is 2.66. The Labute approximate surface area is 156 Å². The standard InChI is InChI=1S/C19H21FN2O5/c1-2-26-18-10-5-14(13-17(18)22(24)25)19(23)21-11-3-4-12-27-16-8-6-15(20)7-9-16/h5-10,13H,2-4,11-12H2,1H3,(H,21,23). The number of nitrogens with zero attached hydrogens (tertiary/aromatic N) is 1. The topological polar surface area (TPSA) is 90.7 Å². The van der Waals surface area contributed by atoms with Crippen molar-refractivity contribution < 1.29 is 23.6 Å². The number of ether oxygens (including phenoxy) is 2. The first-order valence-corrected chi connectivity index (χ1v) is 8.59. The molecule has 0 bridgehead atoms. The van der Waals surface area contributed by atoms with E-state index in [1.165, 1.54) is 30.3 Å². The molecule has 0 aliphatic heterocycles. The second-order valence-electron chi connectivity index (χ2n) is 5.64. The molecular weight excluding hydrogens is 355 g/mol. The highest BCUT2D eigenvalue weighted by Crippen LogP contribution is 2.27. The summed E-state index contributed by atoms with van der Waals surface area (Å²) in [5.41, 5.74) is -0.0371. The van der Waals surface area contributed by atoms with Gasteiger partial charge in [0.2, 0.25) is 0 Å². The number of halogens is 1. The van der Waals surface area contributed by atoms with E-state index in [0.29, 0.717) is 38.3 Å². The molecule has 1 amide bonds. The third-order valence-corrected chi connectivity index (χ3v) is 3.66. The number of amides is 1. The first kappa shape index (κ1) is 20.2. The van der Waals surface area contributed by atoms with Gasteiger partial charge in [-0.2, -0.15) is 0 Å². The van der Waals surface area contributed by atoms with Gasteiger partial charge in [-0.15, -0.1) is 0 Å². The highest BCUT2D eigenvalue weighted by atomic mass is 19.1. The molecular formula is C19H21FN2O5. The lowest BCUT2D eigenvalue weighted by molar-refractivity contribution is -0.385. The molecule has 2 rings (SSSR count). The fourth-order valence-electron chi connectivity index (χ4n) is 2.33. The maximum Gasteiger partial charge on any atom is 0.311 e. The van der Waals surface area contributed by atoms with Crippen molar-refractivity contribution in [3.05, 3.63) is 64.0 Å². The Bertz CT molecular complexity index is 780. The predicted molar refractivity (Wildman–Crippen MR) is 97.7 cm³/mol. The van der Waals surface area contributed by atoms with Gasteiger partial charge in [-0.05, 0) is 56.2 Å². The minimum absolute atomic E-state index is 0.136. The molecule has 0 saturated carbocycles. The number of carbonyl (C=O) groups excluding carboxylic acids is 1. The number of carbonyl (C=O) groups is 1. The first-order valence-electron chi connectivity index (χ1n) is 8.59. The van der Waals surface area contributed by atoms with E-state index < -0.39 is 4.92 Å². The van der Waals surface area contributed by atoms with Gasteiger partial charge in [-0.3, -0.25) is 14.9 Å². The maximum absolute atomic E-state index is 12.8. The van der Waals surface area contributed by atoms with E-state index in [1.807, 2.05) is 0 Å². The normalized spacial score (nSPS) is 10.3. The fraction of sp³-hybridized carbons (Fsp3) is 0.316. The molecule has 7 nitrogen and oxygen atoms in total. The second kappa shape index (κ2) is 10.1. The lowest BCUT2D eigenvalue weighted by Crippen LogP contribution is -2.24. The van der Waals surface area contributed by atoms with Crippen LogP contribution in [0.15, 0.2) is 42.5 Å². The Kier molecular flexibility index (Phi) is 7.54. The summed E-state index contributed by atoms with van der Waals surface area (Å²) in [6.07, 6.45) is 1.37. The predicted octanol–water partition coefficient (Wildman–Crippen LogP) is 3.72. The number of nitro benzene ring substituents is 1. The van der Waals surface area contributed by atoms with Crippen LogP contribution in [-0.2, 0) is 0 Å². The van der Waals surface area contributed by atoms with Gasteiger partial charge in [0.15, 0.2) is 5.75 Å². The zero-order chi connectivity index (χ0) is 19.6. The smallest absolute Gasteiger partial charge is 0.311 e. The molecule has 0 spiro atoms. The van der Waals surface area contributed by atoms with Crippen LogP contribution in [0.1, 0.15) is 30.1 Å². The number of hydrogen-bond donors (Lipinski definition) is 1. The van der Waals surface area contributed by atoms with Crippen molar-refractivity contribution >= 4 is 11.6 Å². The highest BCUT2D eigenvalue weighted by molar-refractivity contribution is 5.95. The van der Waals surface area contributed by atoms with Crippen molar-refractivity contribution in [3.63, 3.8) is 0 Å². The first-order chi connectivity index (χ1) is 13.0. The van der Waals surface area contributed by atoms with E-state index in [2.05, 4.69) is 5.32 Å². The number of rotatable bonds is 10. The third-order valence-electron chi connectivity index (χ3n) is 3.66. The molecule has 0 heterocycles. The second-order valence-corrected chi connectivity index (χ2v) is 5.64. The van der Waals surface area contributed by atoms with Gasteiger partial charge in [0.05, 0.1) is 18.1 Å². The van der Waals surface area contributed by atoms with Crippen LogP contribution in [-0.4, -0.2) is 30.6 Å². The summed E-state index contributed by atoms with van der Waals surface area (Å²) in [6.45, 7) is 2.87. The van der Waals surface area contributed by atoms with Crippen LogP contribution in [0.5, 0.6) is 11.5 Å². The van der Waals surface area contributed by atoms with E-state index in [9.17, 15) is 19.3 Å². The largest absolute Gasteiger partial charge is 0.494 e. The number of hydrogen-bond acceptors (Lipinski definition) is 5. The quantitative estimate of drug-likeness (QED) is 0.388. The van der Waals surface area contributed by atoms with Gasteiger partial charge >= 0.3 is 5.69 Å². The molecule has 1 N–H and O–H groups in total. The zero-order valence-corrected chi connectivity index (χ0v) is 14.9. The van der Waals surface area contributed by atoms with Crippen LogP contribution in [0.4, 0.5) is 10.1 Å². The summed E-state index contributed by atoms with van der Waals surface area (Å²) in [4.78, 5) is 22.7. The van der Waals surface area contributed by atoms with Gasteiger partial charge in [-0.1, -0.05) is 0 Å². The van der Waals surface area contributed by atoms with Gasteiger partial charge in [-0.25, -0.2) is 4.39 Å². The van der Waals surface area contributed by atoms with E-state index >= 15 is 0 Å². The molecule has 0 saturated heterocycles. The van der Waals surface area contributed by atoms with Crippen LogP contribution in [0.3, 0.4) is 0 Å². The maximum atomic E-state index is 12.8. The average molecular weight is 376 g/mol. The highest BCUT2D eigenvalue weighted by Gasteiger charge is 2.18. The van der Waals surface area contributed by atoms with Crippen LogP contribution >= 0.6 is 0 Å². The molecule has 144 valence electrons. The Morgan fingerprint density at radius 3 is 2.56 bits per heavy atom. The van der Waals surface area contributed by atoms with Gasteiger partial charge in [0.25, 0.3) is 5.91 Å². The van der Waals surface area contributed by atoms with Crippen LogP contribution < -0.4 is 14.8 Å². The van der Waals surface area contributed by atoms with Crippen molar-refractivity contribution in [2.45, 2.75) is 19.8 Å². The zero-order valence-electron chi connectivity index (χ0n) is 14.9. The molecule has 2 aromatic carbocycles. The summed E-state index contributed by atoms with van der Waals surface area (Å²) in [6, 6.07) is 9.87. The molecule has 0 aliphatic rings. The summed E-state index contributed by atoms with van der Waals surface area (Å²) in [7, 11) is 0. The van der Waals surface area contributed by atoms with Crippen molar-refractivity contribution in [1.29, 1.82) is 0 Å². The Morgan fingerprint density at radius 1 is 1.15 bits per heavy atom. The van der Waals surface area contributed by atoms with Crippen LogP contribution in [0.2, 0.25) is 0 Å². The van der Waals surface area contributed by atoms with Crippen LogP contribution in [0.25, 0.3) is 0 Å². The molecule has 0 aliphatic carbocycles. The number of unbranched alkanes of at least 4 members (excludes halogenated alkanes) is 1. The molecule has 0 atom stereocenters. The SMILES string of the molecule is CCOc1ccc(C(=O)NCCCCOc2ccc(F)cc2)cc1[N+](=O)[O-]. The molecule has 0 radical (unpaired) electrons. The molecule has 0 unspecified atom stereocenters. The molecule has 8 heteroatoms. The summed E-state index contributed by atoms with van der Waals surface area (Å²) < 4.78 is 23.4. The van der Waals surface area contributed by atoms with Crippen molar-refractivity contribution in [2.24, 2.45) is 0 Å². The van der Waals surface area contributed by atoms with E-state index in [4.69, 9.17) is 9.47 Å². The Hall–Kier alpha value is -3.16. The monoisotopic (exact) mass is 376 g/mol. The third kappa shape index (κ3) is 6.25. The minimum atomic E-state index is -0.575.